The Morgan fingerprint density at radius 1 is 1.12 bits per heavy atom. The van der Waals surface area contributed by atoms with Crippen LogP contribution in [0.5, 0.6) is 0 Å². The molecule has 0 spiro atoms. The van der Waals surface area contributed by atoms with Gasteiger partial charge in [-0.05, 0) is 24.6 Å². The summed E-state index contributed by atoms with van der Waals surface area (Å²) in [6.45, 7) is 1.20. The first-order chi connectivity index (χ1) is 7.64. The summed E-state index contributed by atoms with van der Waals surface area (Å²) in [5, 5.41) is 0. The van der Waals surface area contributed by atoms with Gasteiger partial charge in [0.2, 0.25) is 0 Å². The van der Waals surface area contributed by atoms with E-state index in [0.29, 0.717) is 0 Å². The maximum absolute atomic E-state index is 11.0. The smallest absolute Gasteiger partial charge is 0.294 e. The first-order valence-electron chi connectivity index (χ1n) is 3.98. The van der Waals surface area contributed by atoms with Crippen LogP contribution in [-0.4, -0.2) is 30.5 Å². The second kappa shape index (κ2) is 4.92. The third kappa shape index (κ3) is 3.18. The minimum Gasteiger partial charge on any atom is -0.302 e. The van der Waals surface area contributed by atoms with Gasteiger partial charge in [-0.15, -0.1) is 0 Å². The minimum atomic E-state index is -4.64. The van der Waals surface area contributed by atoms with E-state index in [0.717, 1.165) is 12.1 Å². The largest absolute Gasteiger partial charge is 0.302 e. The van der Waals surface area contributed by atoms with Crippen LogP contribution in [0.2, 0.25) is 0 Å². The highest BCUT2D eigenvalue weighted by Gasteiger charge is 2.21. The predicted molar refractivity (Wildman–Crippen MR) is 59.1 cm³/mol. The van der Waals surface area contributed by atoms with Gasteiger partial charge in [-0.25, -0.2) is 8.42 Å². The zero-order chi connectivity index (χ0) is 13.4. The number of benzene rings is 1. The Morgan fingerprint density at radius 2 is 1.65 bits per heavy atom. The third-order valence-electron chi connectivity index (χ3n) is 1.95. The van der Waals surface area contributed by atoms with Crippen LogP contribution in [0.15, 0.2) is 26.8 Å². The van der Waals surface area contributed by atoms with Crippen molar-refractivity contribution < 1.29 is 30.5 Å². The molecule has 0 fully saturated rings. The van der Waals surface area contributed by atoms with Gasteiger partial charge in [0, 0.05) is 0 Å². The van der Waals surface area contributed by atoms with Crippen LogP contribution in [0, 0.1) is 6.92 Å². The van der Waals surface area contributed by atoms with Crippen LogP contribution in [-0.2, 0) is 32.3 Å². The van der Waals surface area contributed by atoms with Crippen LogP contribution in [0.3, 0.4) is 0 Å². The first-order valence-corrected chi connectivity index (χ1v) is 7.63. The molecule has 0 saturated heterocycles. The van der Waals surface area contributed by atoms with Gasteiger partial charge in [-0.1, -0.05) is 0 Å². The summed E-state index contributed by atoms with van der Waals surface area (Å²) < 4.78 is 70.4. The summed E-state index contributed by atoms with van der Waals surface area (Å²) >= 11 is -5.06. The lowest BCUT2D eigenvalue weighted by Gasteiger charge is -2.08. The summed E-state index contributed by atoms with van der Waals surface area (Å²) in [6.07, 6.45) is 0. The van der Waals surface area contributed by atoms with Gasteiger partial charge < -0.3 is 9.11 Å². The standard InChI is InChI=1S/C7H8O7S3/c1-4-6(16(10)11)2-5(15(8)9)3-7(4)17(12,13)14/h2-3H,1H3,(H,8,9)(H,10,11)(H,12,13,14). The van der Waals surface area contributed by atoms with Gasteiger partial charge in [0.25, 0.3) is 10.1 Å². The molecule has 0 aromatic heterocycles. The van der Waals surface area contributed by atoms with E-state index in [1.165, 1.54) is 6.92 Å². The van der Waals surface area contributed by atoms with E-state index in [-0.39, 0.29) is 15.4 Å². The van der Waals surface area contributed by atoms with Crippen LogP contribution in [0.4, 0.5) is 0 Å². The predicted octanol–water partition coefficient (Wildman–Crippen LogP) is 0.403. The van der Waals surface area contributed by atoms with Crippen LogP contribution >= 0.6 is 0 Å². The van der Waals surface area contributed by atoms with Crippen molar-refractivity contribution in [2.24, 2.45) is 0 Å². The molecule has 0 aliphatic rings. The fourth-order valence-electron chi connectivity index (χ4n) is 1.19. The summed E-state index contributed by atoms with van der Waals surface area (Å²) in [4.78, 5) is -1.41. The van der Waals surface area contributed by atoms with Crippen LogP contribution in [0.1, 0.15) is 5.56 Å². The molecule has 0 heterocycles. The van der Waals surface area contributed by atoms with Crippen molar-refractivity contribution in [1.82, 2.24) is 0 Å². The topological polar surface area (TPSA) is 129 Å². The SMILES string of the molecule is Cc1c(S(=O)O)cc(S(=O)O)cc1S(=O)(=O)O. The average Bonchev–Trinajstić information content (AvgIpc) is 2.15. The molecule has 0 amide bonds. The number of rotatable bonds is 3. The van der Waals surface area contributed by atoms with E-state index in [1.54, 1.807) is 0 Å². The monoisotopic (exact) mass is 300 g/mol. The van der Waals surface area contributed by atoms with Crippen molar-refractivity contribution in [2.75, 3.05) is 0 Å². The van der Waals surface area contributed by atoms with Gasteiger partial charge >= 0.3 is 0 Å². The maximum Gasteiger partial charge on any atom is 0.294 e. The Bertz CT molecular complexity index is 604. The molecule has 0 saturated carbocycles. The van der Waals surface area contributed by atoms with Crippen molar-refractivity contribution in [3.05, 3.63) is 17.7 Å². The number of hydrogen-bond donors (Lipinski definition) is 3. The Hall–Kier alpha value is -0.650. The Balaban J connectivity index is 3.73. The molecule has 96 valence electrons. The lowest BCUT2D eigenvalue weighted by atomic mass is 10.2. The van der Waals surface area contributed by atoms with E-state index >= 15 is 0 Å². The quantitative estimate of drug-likeness (QED) is 0.544. The highest BCUT2D eigenvalue weighted by molar-refractivity contribution is 7.86. The molecule has 1 aromatic rings. The van der Waals surface area contributed by atoms with E-state index in [4.69, 9.17) is 13.7 Å². The van der Waals surface area contributed by atoms with E-state index in [1.807, 2.05) is 0 Å². The van der Waals surface area contributed by atoms with Gasteiger partial charge in [0.1, 0.15) is 0 Å². The fraction of sp³-hybridized carbons (Fsp3) is 0.143. The summed E-state index contributed by atoms with van der Waals surface area (Å²) in [5.74, 6) is 0. The molecule has 10 heteroatoms. The molecule has 0 bridgehead atoms. The van der Waals surface area contributed by atoms with E-state index < -0.39 is 37.2 Å². The zero-order valence-electron chi connectivity index (χ0n) is 8.35. The molecule has 0 aliphatic heterocycles. The van der Waals surface area contributed by atoms with Crippen molar-refractivity contribution in [2.45, 2.75) is 21.6 Å². The number of hydrogen-bond acceptors (Lipinski definition) is 4. The van der Waals surface area contributed by atoms with E-state index in [9.17, 15) is 16.8 Å². The average molecular weight is 300 g/mol. The Morgan fingerprint density at radius 3 is 2.00 bits per heavy atom. The fourth-order valence-corrected chi connectivity index (χ4v) is 3.21. The first kappa shape index (κ1) is 14.4. The molecule has 17 heavy (non-hydrogen) atoms. The van der Waals surface area contributed by atoms with Gasteiger partial charge in [0.15, 0.2) is 22.2 Å². The molecule has 7 nitrogen and oxygen atoms in total. The molecule has 1 aromatic carbocycles. The normalized spacial score (nSPS) is 15.5. The van der Waals surface area contributed by atoms with Crippen molar-refractivity contribution >= 4 is 32.3 Å². The molecule has 0 radical (unpaired) electrons. The van der Waals surface area contributed by atoms with Gasteiger partial charge in [-0.3, -0.25) is 4.55 Å². The minimum absolute atomic E-state index is 0.150. The van der Waals surface area contributed by atoms with Crippen molar-refractivity contribution in [3.8, 4) is 0 Å². The molecule has 1 rings (SSSR count). The maximum atomic E-state index is 11.0. The second-order valence-corrected chi connectivity index (χ2v) is 6.32. The van der Waals surface area contributed by atoms with Crippen LogP contribution < -0.4 is 0 Å². The highest BCUT2D eigenvalue weighted by atomic mass is 32.2. The Labute approximate surface area is 102 Å². The molecule has 3 N–H and O–H groups in total. The van der Waals surface area contributed by atoms with Gasteiger partial charge in [-0.2, -0.15) is 8.42 Å². The van der Waals surface area contributed by atoms with Crippen molar-refractivity contribution in [1.29, 1.82) is 0 Å². The molecule has 2 unspecified atom stereocenters. The summed E-state index contributed by atoms with van der Waals surface area (Å²) in [7, 11) is -4.64. The Kier molecular flexibility index (Phi) is 4.17. The highest BCUT2D eigenvalue weighted by Crippen LogP contribution is 2.24. The van der Waals surface area contributed by atoms with E-state index in [2.05, 4.69) is 0 Å². The second-order valence-electron chi connectivity index (χ2n) is 3.02. The molecule has 2 atom stereocenters. The molecular weight excluding hydrogens is 292 g/mol. The lowest BCUT2D eigenvalue weighted by molar-refractivity contribution is 0.482. The van der Waals surface area contributed by atoms with Gasteiger partial charge in [0.05, 0.1) is 14.7 Å². The van der Waals surface area contributed by atoms with Crippen LogP contribution in [0.25, 0.3) is 0 Å². The third-order valence-corrected chi connectivity index (χ3v) is 4.37. The lowest BCUT2D eigenvalue weighted by Crippen LogP contribution is -2.06. The zero-order valence-corrected chi connectivity index (χ0v) is 10.8. The summed E-state index contributed by atoms with van der Waals surface area (Å²) in [6, 6.07) is 1.70. The summed E-state index contributed by atoms with van der Waals surface area (Å²) in [5.41, 5.74) is -0.150. The van der Waals surface area contributed by atoms with Crippen molar-refractivity contribution in [3.63, 3.8) is 0 Å². The molecule has 0 aliphatic carbocycles. The molecular formula is C7H8O7S3.